The monoisotopic (exact) mass is 310 g/mol. The van der Waals surface area contributed by atoms with Crippen LogP contribution in [0.25, 0.3) is 0 Å². The van der Waals surface area contributed by atoms with Gasteiger partial charge in [0.25, 0.3) is 0 Å². The van der Waals surface area contributed by atoms with Crippen molar-refractivity contribution in [3.63, 3.8) is 0 Å². The van der Waals surface area contributed by atoms with Crippen LogP contribution in [0.4, 0.5) is 0 Å². The maximum atomic E-state index is 12.3. The Morgan fingerprint density at radius 1 is 0.913 bits per heavy atom. The third-order valence-electron chi connectivity index (χ3n) is 3.80. The number of methoxy groups -OCH3 is 1. The Balaban J connectivity index is 2.14. The van der Waals surface area contributed by atoms with Gasteiger partial charge in [0.15, 0.2) is 11.6 Å². The fraction of sp³-hybridized carbons (Fsp3) is 0.300. The number of Topliss-reactive ketones (excluding diaryl/α,β-unsaturated/α-hetero) is 2. The lowest BCUT2D eigenvalue weighted by atomic mass is 9.86. The number of carbonyl (C=O) groups is 2. The van der Waals surface area contributed by atoms with Gasteiger partial charge in [-0.2, -0.15) is 0 Å². The van der Waals surface area contributed by atoms with Crippen LogP contribution < -0.4 is 4.74 Å². The van der Waals surface area contributed by atoms with Crippen molar-refractivity contribution >= 4 is 11.6 Å². The molecule has 0 radical (unpaired) electrons. The van der Waals surface area contributed by atoms with Crippen molar-refractivity contribution in [1.29, 1.82) is 0 Å². The van der Waals surface area contributed by atoms with E-state index in [1.807, 2.05) is 12.1 Å². The van der Waals surface area contributed by atoms with Gasteiger partial charge in [-0.25, -0.2) is 0 Å². The van der Waals surface area contributed by atoms with E-state index in [4.69, 9.17) is 4.74 Å². The summed E-state index contributed by atoms with van der Waals surface area (Å²) in [6, 6.07) is 14.4. The lowest BCUT2D eigenvalue weighted by molar-refractivity contribution is 0.0892. The third-order valence-corrected chi connectivity index (χ3v) is 3.80. The van der Waals surface area contributed by atoms with Gasteiger partial charge in [-0.3, -0.25) is 9.59 Å². The Kier molecular flexibility index (Phi) is 4.99. The topological polar surface area (TPSA) is 43.4 Å². The summed E-state index contributed by atoms with van der Waals surface area (Å²) in [7, 11) is 1.51. The van der Waals surface area contributed by atoms with Gasteiger partial charge in [-0.05, 0) is 23.1 Å². The molecule has 0 N–H and O–H groups in total. The van der Waals surface area contributed by atoms with Crippen LogP contribution in [0.2, 0.25) is 0 Å². The number of ketones is 2. The molecule has 23 heavy (non-hydrogen) atoms. The molecule has 0 fully saturated rings. The molecule has 0 amide bonds. The first kappa shape index (κ1) is 16.9. The van der Waals surface area contributed by atoms with Crippen molar-refractivity contribution < 1.29 is 14.3 Å². The number of ether oxygens (including phenoxy) is 1. The molecule has 0 saturated carbocycles. The van der Waals surface area contributed by atoms with Crippen molar-refractivity contribution in [2.75, 3.05) is 7.11 Å². The van der Waals surface area contributed by atoms with Gasteiger partial charge in [-0.1, -0.05) is 57.2 Å². The van der Waals surface area contributed by atoms with Crippen molar-refractivity contribution in [1.82, 2.24) is 0 Å². The predicted molar refractivity (Wildman–Crippen MR) is 91.4 cm³/mol. The number of rotatable bonds is 5. The smallest absolute Gasteiger partial charge is 0.174 e. The van der Waals surface area contributed by atoms with Crippen LogP contribution in [-0.2, 0) is 5.41 Å². The van der Waals surface area contributed by atoms with E-state index in [2.05, 4.69) is 20.8 Å². The largest absolute Gasteiger partial charge is 0.496 e. The zero-order chi connectivity index (χ0) is 17.0. The molecular formula is C20H22O3. The quantitative estimate of drug-likeness (QED) is 0.605. The second kappa shape index (κ2) is 6.78. The Morgan fingerprint density at radius 3 is 2.09 bits per heavy atom. The summed E-state index contributed by atoms with van der Waals surface area (Å²) >= 11 is 0. The second-order valence-corrected chi connectivity index (χ2v) is 6.55. The summed E-state index contributed by atoms with van der Waals surface area (Å²) in [5, 5.41) is 0. The van der Waals surface area contributed by atoms with Gasteiger partial charge in [0.05, 0.1) is 19.1 Å². The second-order valence-electron chi connectivity index (χ2n) is 6.55. The molecule has 0 aromatic heterocycles. The molecule has 0 aliphatic rings. The number of hydrogen-bond acceptors (Lipinski definition) is 3. The van der Waals surface area contributed by atoms with Gasteiger partial charge in [0.2, 0.25) is 0 Å². The SMILES string of the molecule is COc1ccccc1C(=O)CC(=O)c1ccc(C(C)(C)C)cc1. The highest BCUT2D eigenvalue weighted by Gasteiger charge is 2.18. The van der Waals surface area contributed by atoms with Crippen LogP contribution in [0.1, 0.15) is 53.5 Å². The van der Waals surface area contributed by atoms with Crippen LogP contribution in [0, 0.1) is 0 Å². The Morgan fingerprint density at radius 2 is 1.52 bits per heavy atom. The molecular weight excluding hydrogens is 288 g/mol. The maximum absolute atomic E-state index is 12.3. The average Bonchev–Trinajstić information content (AvgIpc) is 2.54. The van der Waals surface area contributed by atoms with Crippen molar-refractivity contribution in [3.05, 3.63) is 65.2 Å². The molecule has 0 aliphatic carbocycles. The van der Waals surface area contributed by atoms with E-state index in [0.29, 0.717) is 16.9 Å². The van der Waals surface area contributed by atoms with E-state index in [-0.39, 0.29) is 23.4 Å². The number of hydrogen-bond donors (Lipinski definition) is 0. The summed E-state index contributed by atoms with van der Waals surface area (Å²) in [4.78, 5) is 24.7. The van der Waals surface area contributed by atoms with Gasteiger partial charge in [0.1, 0.15) is 5.75 Å². The van der Waals surface area contributed by atoms with Crippen LogP contribution in [0.5, 0.6) is 5.75 Å². The molecule has 0 spiro atoms. The summed E-state index contributed by atoms with van der Waals surface area (Å²) < 4.78 is 5.17. The van der Waals surface area contributed by atoms with Crippen molar-refractivity contribution in [2.24, 2.45) is 0 Å². The highest BCUT2D eigenvalue weighted by Crippen LogP contribution is 2.23. The van der Waals surface area contributed by atoms with E-state index >= 15 is 0 Å². The molecule has 0 bridgehead atoms. The van der Waals surface area contributed by atoms with Crippen LogP contribution in [-0.4, -0.2) is 18.7 Å². The normalized spacial score (nSPS) is 11.1. The molecule has 0 unspecified atom stereocenters. The average molecular weight is 310 g/mol. The first-order valence-electron chi connectivity index (χ1n) is 7.63. The summed E-state index contributed by atoms with van der Waals surface area (Å²) in [6.07, 6.45) is -0.158. The molecule has 2 aromatic rings. The zero-order valence-corrected chi connectivity index (χ0v) is 14.1. The summed E-state index contributed by atoms with van der Waals surface area (Å²) in [6.45, 7) is 6.36. The minimum Gasteiger partial charge on any atom is -0.496 e. The fourth-order valence-electron chi connectivity index (χ4n) is 2.37. The van der Waals surface area contributed by atoms with Gasteiger partial charge in [0, 0.05) is 5.56 Å². The van der Waals surface area contributed by atoms with Gasteiger partial charge < -0.3 is 4.74 Å². The third kappa shape index (κ3) is 4.07. The molecule has 120 valence electrons. The van der Waals surface area contributed by atoms with Crippen LogP contribution in [0.3, 0.4) is 0 Å². The standard InChI is InChI=1S/C20H22O3/c1-20(2,3)15-11-9-14(10-12-15)17(21)13-18(22)16-7-5-6-8-19(16)23-4/h5-12H,13H2,1-4H3. The van der Waals surface area contributed by atoms with Crippen LogP contribution in [0.15, 0.2) is 48.5 Å². The highest BCUT2D eigenvalue weighted by molar-refractivity contribution is 6.14. The molecule has 0 aliphatic heterocycles. The Bertz CT molecular complexity index is 706. The minimum atomic E-state index is -0.229. The van der Waals surface area contributed by atoms with E-state index in [1.165, 1.54) is 7.11 Å². The Labute approximate surface area is 137 Å². The van der Waals surface area contributed by atoms with Crippen LogP contribution >= 0.6 is 0 Å². The van der Waals surface area contributed by atoms with Crippen molar-refractivity contribution in [2.45, 2.75) is 32.6 Å². The molecule has 0 atom stereocenters. The molecule has 2 rings (SSSR count). The number of carbonyl (C=O) groups excluding carboxylic acids is 2. The molecule has 2 aromatic carbocycles. The van der Waals surface area contributed by atoms with E-state index in [0.717, 1.165) is 5.56 Å². The maximum Gasteiger partial charge on any atom is 0.174 e. The molecule has 3 nitrogen and oxygen atoms in total. The first-order valence-corrected chi connectivity index (χ1v) is 7.63. The van der Waals surface area contributed by atoms with E-state index in [9.17, 15) is 9.59 Å². The minimum absolute atomic E-state index is 0.0365. The molecule has 3 heteroatoms. The number of para-hydroxylation sites is 1. The Hall–Kier alpha value is -2.42. The lowest BCUT2D eigenvalue weighted by Crippen LogP contribution is -2.12. The number of benzene rings is 2. The highest BCUT2D eigenvalue weighted by atomic mass is 16.5. The lowest BCUT2D eigenvalue weighted by Gasteiger charge is -2.18. The van der Waals surface area contributed by atoms with E-state index in [1.54, 1.807) is 36.4 Å². The predicted octanol–water partition coefficient (Wildman–Crippen LogP) is 4.45. The molecule has 0 heterocycles. The zero-order valence-electron chi connectivity index (χ0n) is 14.1. The molecule has 0 saturated heterocycles. The summed E-state index contributed by atoms with van der Waals surface area (Å²) in [5.74, 6) is 0.0853. The van der Waals surface area contributed by atoms with Gasteiger partial charge >= 0.3 is 0 Å². The fourth-order valence-corrected chi connectivity index (χ4v) is 2.37. The first-order chi connectivity index (χ1) is 10.8. The van der Waals surface area contributed by atoms with E-state index < -0.39 is 0 Å². The van der Waals surface area contributed by atoms with Crippen molar-refractivity contribution in [3.8, 4) is 5.75 Å². The summed E-state index contributed by atoms with van der Waals surface area (Å²) in [5.41, 5.74) is 2.19. The van der Waals surface area contributed by atoms with Gasteiger partial charge in [-0.15, -0.1) is 0 Å².